The Morgan fingerprint density at radius 2 is 2.18 bits per heavy atom. The van der Waals surface area contributed by atoms with Crippen molar-refractivity contribution in [2.75, 3.05) is 46.4 Å². The van der Waals surface area contributed by atoms with Gasteiger partial charge in [0.2, 0.25) is 0 Å². The summed E-state index contributed by atoms with van der Waals surface area (Å²) in [6.07, 6.45) is -0.663. The summed E-state index contributed by atoms with van der Waals surface area (Å²) in [5.41, 5.74) is 2.66. The summed E-state index contributed by atoms with van der Waals surface area (Å²) in [4.78, 5) is 31.5. The Bertz CT molecular complexity index is 853. The number of carbonyl (C=O) groups is 2. The number of benzene rings is 1. The van der Waals surface area contributed by atoms with Crippen LogP contribution in [0.5, 0.6) is 5.75 Å². The van der Waals surface area contributed by atoms with Crippen molar-refractivity contribution in [1.82, 2.24) is 20.1 Å². The van der Waals surface area contributed by atoms with Crippen LogP contribution in [0.15, 0.2) is 23.7 Å². The number of nitrogens with one attached hydrogen (secondary N) is 1. The number of methoxy groups -OCH3 is 1. The van der Waals surface area contributed by atoms with Crippen LogP contribution in [0.4, 0.5) is 9.59 Å². The molecule has 0 spiro atoms. The molecule has 1 atom stereocenters. The van der Waals surface area contributed by atoms with Gasteiger partial charge in [0.15, 0.2) is 0 Å². The number of rotatable bonds is 4. The predicted octanol–water partition coefficient (Wildman–Crippen LogP) is 1.54. The second-order valence-electron chi connectivity index (χ2n) is 6.69. The summed E-state index contributed by atoms with van der Waals surface area (Å²) in [5.74, 6) is 0.752. The van der Waals surface area contributed by atoms with Gasteiger partial charge in [-0.3, -0.25) is 0 Å². The van der Waals surface area contributed by atoms with Crippen molar-refractivity contribution in [3.8, 4) is 5.75 Å². The van der Waals surface area contributed by atoms with Gasteiger partial charge in [0, 0.05) is 13.1 Å². The lowest BCUT2D eigenvalue weighted by molar-refractivity contribution is -0.0234. The van der Waals surface area contributed by atoms with Crippen LogP contribution in [-0.4, -0.2) is 85.6 Å². The molecule has 0 aliphatic carbocycles. The van der Waals surface area contributed by atoms with Gasteiger partial charge in [-0.25, -0.2) is 14.6 Å². The van der Waals surface area contributed by atoms with Gasteiger partial charge in [-0.1, -0.05) is 6.07 Å². The van der Waals surface area contributed by atoms with Crippen molar-refractivity contribution in [2.24, 2.45) is 0 Å². The molecule has 1 aromatic heterocycles. The second kappa shape index (κ2) is 8.19. The molecule has 0 saturated carbocycles. The minimum Gasteiger partial charge on any atom is -0.484 e. The maximum absolute atomic E-state index is 12.3. The van der Waals surface area contributed by atoms with E-state index in [1.54, 1.807) is 26.6 Å². The van der Waals surface area contributed by atoms with E-state index in [-0.39, 0.29) is 24.3 Å². The van der Waals surface area contributed by atoms with E-state index < -0.39 is 0 Å². The Hall–Kier alpha value is -2.59. The predicted molar refractivity (Wildman–Crippen MR) is 103 cm³/mol. The Balaban J connectivity index is 1.21. The molecular formula is C18H22N4O5S. The van der Waals surface area contributed by atoms with E-state index in [0.717, 1.165) is 16.0 Å². The fourth-order valence-corrected chi connectivity index (χ4v) is 3.96. The zero-order valence-electron chi connectivity index (χ0n) is 15.5. The van der Waals surface area contributed by atoms with Crippen LogP contribution >= 0.6 is 11.3 Å². The Kier molecular flexibility index (Phi) is 5.49. The molecule has 3 amide bonds. The number of morpholine rings is 1. The maximum atomic E-state index is 12.3. The van der Waals surface area contributed by atoms with Crippen LogP contribution in [0.1, 0.15) is 0 Å². The number of likely N-dealkylation sites (tertiary alicyclic amines) is 1. The van der Waals surface area contributed by atoms with Gasteiger partial charge in [-0.05, 0) is 12.1 Å². The number of carbonyl (C=O) groups excluding carboxylic acids is 2. The van der Waals surface area contributed by atoms with E-state index in [9.17, 15) is 9.59 Å². The van der Waals surface area contributed by atoms with Gasteiger partial charge in [0.1, 0.15) is 17.4 Å². The molecule has 28 heavy (non-hydrogen) atoms. The average molecular weight is 406 g/mol. The fourth-order valence-electron chi connectivity index (χ4n) is 3.26. The van der Waals surface area contributed by atoms with Crippen molar-refractivity contribution in [1.29, 1.82) is 0 Å². The highest BCUT2D eigenvalue weighted by Gasteiger charge is 2.33. The first-order valence-electron chi connectivity index (χ1n) is 9.10. The lowest BCUT2D eigenvalue weighted by atomic mass is 10.2. The number of thiazole rings is 1. The third kappa shape index (κ3) is 3.97. The molecule has 2 aliphatic rings. The van der Waals surface area contributed by atoms with Crippen molar-refractivity contribution in [3.05, 3.63) is 23.7 Å². The van der Waals surface area contributed by atoms with Gasteiger partial charge in [0.25, 0.3) is 0 Å². The summed E-state index contributed by atoms with van der Waals surface area (Å²) in [5, 5.41) is 2.86. The number of ether oxygens (including phenoxy) is 3. The number of hydrogen-bond donors (Lipinski definition) is 1. The smallest absolute Gasteiger partial charge is 0.409 e. The summed E-state index contributed by atoms with van der Waals surface area (Å²) >= 11 is 1.57. The second-order valence-corrected chi connectivity index (χ2v) is 7.58. The van der Waals surface area contributed by atoms with Crippen LogP contribution < -0.4 is 10.1 Å². The average Bonchev–Trinajstić information content (AvgIpc) is 3.17. The molecular weight excluding hydrogens is 384 g/mol. The largest absolute Gasteiger partial charge is 0.484 e. The van der Waals surface area contributed by atoms with Gasteiger partial charge < -0.3 is 29.3 Å². The third-order valence-corrected chi connectivity index (χ3v) is 5.60. The topological polar surface area (TPSA) is 93.2 Å². The molecule has 2 aliphatic heterocycles. The van der Waals surface area contributed by atoms with Gasteiger partial charge in [-0.2, -0.15) is 0 Å². The molecule has 0 radical (unpaired) electrons. The van der Waals surface area contributed by atoms with Gasteiger partial charge in [0.05, 0.1) is 49.7 Å². The number of nitrogens with zero attached hydrogens (tertiary/aromatic N) is 3. The zero-order chi connectivity index (χ0) is 19.5. The molecule has 2 fully saturated rings. The summed E-state index contributed by atoms with van der Waals surface area (Å²) in [7, 11) is 1.35. The summed E-state index contributed by atoms with van der Waals surface area (Å²) in [6, 6.07) is 5.69. The molecule has 9 nitrogen and oxygen atoms in total. The van der Waals surface area contributed by atoms with Crippen LogP contribution in [0, 0.1) is 0 Å². The van der Waals surface area contributed by atoms with E-state index in [4.69, 9.17) is 14.2 Å². The van der Waals surface area contributed by atoms with Crippen LogP contribution in [0.25, 0.3) is 10.2 Å². The normalized spacial score (nSPS) is 20.0. The molecule has 10 heteroatoms. The summed E-state index contributed by atoms with van der Waals surface area (Å²) < 4.78 is 17.4. The summed E-state index contributed by atoms with van der Waals surface area (Å²) in [6.45, 7) is 2.70. The SMILES string of the molecule is COC(=O)N1CCOC(CNC(=O)N2CC(Oc3cccc4scnc34)C2)C1. The Labute approximate surface area is 166 Å². The number of fused-ring (bicyclic) bond motifs is 1. The van der Waals surface area contributed by atoms with E-state index in [1.807, 2.05) is 18.2 Å². The number of urea groups is 1. The van der Waals surface area contributed by atoms with Crippen LogP contribution in [-0.2, 0) is 9.47 Å². The third-order valence-electron chi connectivity index (χ3n) is 4.80. The van der Waals surface area contributed by atoms with Crippen molar-refractivity contribution < 1.29 is 23.8 Å². The van der Waals surface area contributed by atoms with Crippen LogP contribution in [0.3, 0.4) is 0 Å². The maximum Gasteiger partial charge on any atom is 0.409 e. The quantitative estimate of drug-likeness (QED) is 0.828. The number of aromatic nitrogens is 1. The molecule has 0 bridgehead atoms. The van der Waals surface area contributed by atoms with E-state index in [1.165, 1.54) is 7.11 Å². The number of para-hydroxylation sites is 1. The highest BCUT2D eigenvalue weighted by molar-refractivity contribution is 7.16. The van der Waals surface area contributed by atoms with Crippen molar-refractivity contribution in [2.45, 2.75) is 12.2 Å². The minimum atomic E-state index is -0.377. The molecule has 1 unspecified atom stereocenters. The monoisotopic (exact) mass is 406 g/mol. The highest BCUT2D eigenvalue weighted by Crippen LogP contribution is 2.29. The number of amides is 3. The molecule has 1 N–H and O–H groups in total. The lowest BCUT2D eigenvalue weighted by Gasteiger charge is -2.39. The first kappa shape index (κ1) is 18.8. The molecule has 150 valence electrons. The van der Waals surface area contributed by atoms with Crippen LogP contribution in [0.2, 0.25) is 0 Å². The molecule has 2 aromatic rings. The number of hydrogen-bond acceptors (Lipinski definition) is 7. The molecule has 2 saturated heterocycles. The molecule has 1 aromatic carbocycles. The standard InChI is InChI=1S/C18H22N4O5S/c1-25-18(24)21-5-6-26-12(8-21)7-19-17(23)22-9-13(10-22)27-14-3-2-4-15-16(14)20-11-28-15/h2-4,11-13H,5-10H2,1H3,(H,19,23). The lowest BCUT2D eigenvalue weighted by Crippen LogP contribution is -2.60. The minimum absolute atomic E-state index is 0.0428. The van der Waals surface area contributed by atoms with E-state index in [0.29, 0.717) is 39.3 Å². The Morgan fingerprint density at radius 1 is 1.32 bits per heavy atom. The first-order valence-corrected chi connectivity index (χ1v) is 9.98. The van der Waals surface area contributed by atoms with Crippen molar-refractivity contribution >= 4 is 33.7 Å². The van der Waals surface area contributed by atoms with E-state index >= 15 is 0 Å². The van der Waals surface area contributed by atoms with E-state index in [2.05, 4.69) is 10.3 Å². The Morgan fingerprint density at radius 3 is 3.00 bits per heavy atom. The van der Waals surface area contributed by atoms with Gasteiger partial charge in [-0.15, -0.1) is 11.3 Å². The molecule has 3 heterocycles. The zero-order valence-corrected chi connectivity index (χ0v) is 16.3. The van der Waals surface area contributed by atoms with Gasteiger partial charge >= 0.3 is 12.1 Å². The fraction of sp³-hybridized carbons (Fsp3) is 0.500. The first-order chi connectivity index (χ1) is 13.6. The molecule has 4 rings (SSSR count). The van der Waals surface area contributed by atoms with Crippen molar-refractivity contribution in [3.63, 3.8) is 0 Å². The highest BCUT2D eigenvalue weighted by atomic mass is 32.1.